The van der Waals surface area contributed by atoms with Gasteiger partial charge >= 0.3 is 12.4 Å². The fourth-order valence-corrected chi connectivity index (χ4v) is 6.57. The third kappa shape index (κ3) is 7.74. The van der Waals surface area contributed by atoms with Gasteiger partial charge < -0.3 is 10.6 Å². The average molecular weight is 804 g/mol. The summed E-state index contributed by atoms with van der Waals surface area (Å²) in [6, 6.07) is 8.72. The van der Waals surface area contributed by atoms with Crippen molar-refractivity contribution in [1.82, 2.24) is 49.2 Å². The van der Waals surface area contributed by atoms with Crippen LogP contribution in [0, 0.1) is 5.92 Å². The van der Waals surface area contributed by atoms with E-state index in [9.17, 15) is 35.9 Å². The van der Waals surface area contributed by atoms with Gasteiger partial charge in [0.1, 0.15) is 10.6 Å². The van der Waals surface area contributed by atoms with Crippen molar-refractivity contribution in [2.24, 2.45) is 5.92 Å². The summed E-state index contributed by atoms with van der Waals surface area (Å²) in [4.78, 5) is 43.5. The molecule has 0 bridgehead atoms. The molecule has 0 aliphatic heterocycles. The minimum atomic E-state index is -4.65. The number of halogens is 7. The van der Waals surface area contributed by atoms with Crippen molar-refractivity contribution in [2.75, 3.05) is 0 Å². The number of alkyl halides is 6. The number of aromatic nitrogens is 8. The standard InChI is InChI=1S/C34H29BrF6N10O2/c1-32(2,17-51-27(35)12-25(48-51)33(36,37)38)47-29(53)24(10-21-14-44-30-42-8-3-9-50(21)30)45-28(52)23-11-22(23)19-6-4-18(5-7-19)20-13-43-31-46-26(34(39,40)41)16-49(31)15-20/h3-9,12-16,22-24H,10-11,17H2,1-2H3,(H,45,52)(H,47,53)/t22-,23+,24-/m1/s1. The highest BCUT2D eigenvalue weighted by Crippen LogP contribution is 2.48. The first kappa shape index (κ1) is 36.0. The molecule has 53 heavy (non-hydrogen) atoms. The van der Waals surface area contributed by atoms with Crippen LogP contribution in [-0.4, -0.2) is 61.9 Å². The molecule has 276 valence electrons. The Morgan fingerprint density at radius 3 is 2.36 bits per heavy atom. The highest BCUT2D eigenvalue weighted by molar-refractivity contribution is 9.10. The van der Waals surface area contributed by atoms with E-state index in [2.05, 4.69) is 51.6 Å². The Hall–Kier alpha value is -5.33. The summed E-state index contributed by atoms with van der Waals surface area (Å²) in [7, 11) is 0. The Morgan fingerprint density at radius 1 is 0.943 bits per heavy atom. The quantitative estimate of drug-likeness (QED) is 0.166. The molecule has 0 saturated heterocycles. The van der Waals surface area contributed by atoms with E-state index < -0.39 is 47.1 Å². The van der Waals surface area contributed by atoms with Crippen LogP contribution in [0.15, 0.2) is 78.2 Å². The first-order valence-electron chi connectivity index (χ1n) is 16.2. The number of nitrogens with one attached hydrogen (secondary N) is 2. The molecule has 7 rings (SSSR count). The van der Waals surface area contributed by atoms with Gasteiger partial charge in [0, 0.05) is 60.6 Å². The van der Waals surface area contributed by atoms with Crippen molar-refractivity contribution >= 4 is 39.3 Å². The number of hydrogen-bond acceptors (Lipinski definition) is 7. The highest BCUT2D eigenvalue weighted by atomic mass is 79.9. The van der Waals surface area contributed by atoms with Gasteiger partial charge in [-0.05, 0) is 59.3 Å². The highest BCUT2D eigenvalue weighted by Gasteiger charge is 2.45. The van der Waals surface area contributed by atoms with Gasteiger partial charge in [-0.2, -0.15) is 31.4 Å². The Balaban J connectivity index is 1.05. The molecule has 0 spiro atoms. The predicted octanol–water partition coefficient (Wildman–Crippen LogP) is 5.86. The van der Waals surface area contributed by atoms with Crippen LogP contribution in [0.4, 0.5) is 26.3 Å². The normalized spacial score (nSPS) is 16.9. The van der Waals surface area contributed by atoms with Crippen molar-refractivity contribution < 1.29 is 35.9 Å². The zero-order valence-corrected chi connectivity index (χ0v) is 29.4. The molecule has 2 N–H and O–H groups in total. The van der Waals surface area contributed by atoms with Gasteiger partial charge in [0.25, 0.3) is 0 Å². The van der Waals surface area contributed by atoms with Crippen molar-refractivity contribution in [3.05, 3.63) is 101 Å². The lowest BCUT2D eigenvalue weighted by molar-refractivity contribution is -0.142. The Labute approximate surface area is 304 Å². The van der Waals surface area contributed by atoms with Crippen LogP contribution >= 0.6 is 15.9 Å². The number of amides is 2. The molecule has 1 aliphatic carbocycles. The van der Waals surface area contributed by atoms with E-state index in [0.29, 0.717) is 29.0 Å². The van der Waals surface area contributed by atoms with Gasteiger partial charge in [0.2, 0.25) is 23.4 Å². The van der Waals surface area contributed by atoms with Crippen LogP contribution in [0.25, 0.3) is 22.7 Å². The van der Waals surface area contributed by atoms with Crippen LogP contribution in [0.3, 0.4) is 0 Å². The van der Waals surface area contributed by atoms with Crippen molar-refractivity contribution in [3.63, 3.8) is 0 Å². The number of nitrogens with zero attached hydrogens (tertiary/aromatic N) is 8. The van der Waals surface area contributed by atoms with Gasteiger partial charge in [-0.15, -0.1) is 0 Å². The Morgan fingerprint density at radius 2 is 1.66 bits per heavy atom. The zero-order chi connectivity index (χ0) is 37.9. The fourth-order valence-electron chi connectivity index (χ4n) is 6.15. The molecular weight excluding hydrogens is 774 g/mol. The van der Waals surface area contributed by atoms with E-state index in [0.717, 1.165) is 22.5 Å². The topological polar surface area (TPSA) is 136 Å². The number of carbonyl (C=O) groups excluding carboxylic acids is 2. The van der Waals surface area contributed by atoms with Crippen LogP contribution in [-0.2, 0) is 34.9 Å². The van der Waals surface area contributed by atoms with Gasteiger partial charge in [0.05, 0.1) is 18.3 Å². The Bertz CT molecular complexity index is 2330. The second-order valence-corrected chi connectivity index (χ2v) is 14.2. The lowest BCUT2D eigenvalue weighted by Crippen LogP contribution is -2.55. The van der Waals surface area contributed by atoms with Gasteiger partial charge in [-0.3, -0.25) is 23.1 Å². The largest absolute Gasteiger partial charge is 0.435 e. The molecule has 1 saturated carbocycles. The summed E-state index contributed by atoms with van der Waals surface area (Å²) in [5, 5.41) is 9.38. The number of fused-ring (bicyclic) bond motifs is 2. The summed E-state index contributed by atoms with van der Waals surface area (Å²) in [6.07, 6.45) is -0.0299. The maximum Gasteiger partial charge on any atom is 0.435 e. The first-order valence-corrected chi connectivity index (χ1v) is 17.0. The summed E-state index contributed by atoms with van der Waals surface area (Å²) in [5.74, 6) is -1.19. The number of benzene rings is 1. The lowest BCUT2D eigenvalue weighted by Gasteiger charge is -2.29. The third-order valence-corrected chi connectivity index (χ3v) is 9.48. The minimum absolute atomic E-state index is 0.0377. The zero-order valence-electron chi connectivity index (χ0n) is 27.8. The molecule has 1 fully saturated rings. The summed E-state index contributed by atoms with van der Waals surface area (Å²) < 4.78 is 83.2. The molecular formula is C34H29BrF6N10O2. The molecule has 5 aromatic heterocycles. The van der Waals surface area contributed by atoms with E-state index in [4.69, 9.17) is 0 Å². The predicted molar refractivity (Wildman–Crippen MR) is 180 cm³/mol. The van der Waals surface area contributed by atoms with Crippen molar-refractivity contribution in [1.29, 1.82) is 0 Å². The van der Waals surface area contributed by atoms with Gasteiger partial charge in [-0.25, -0.2) is 19.9 Å². The molecule has 0 radical (unpaired) electrons. The number of carbonyl (C=O) groups is 2. The summed E-state index contributed by atoms with van der Waals surface area (Å²) >= 11 is 3.11. The van der Waals surface area contributed by atoms with Crippen LogP contribution in [0.5, 0.6) is 0 Å². The molecule has 1 aromatic carbocycles. The molecule has 19 heteroatoms. The number of rotatable bonds is 10. The fraction of sp³-hybridized carbons (Fsp3) is 0.324. The van der Waals surface area contributed by atoms with E-state index in [1.807, 2.05) is 12.1 Å². The maximum atomic E-state index is 13.8. The average Bonchev–Trinajstić information content (AvgIpc) is 3.38. The minimum Gasteiger partial charge on any atom is -0.348 e. The van der Waals surface area contributed by atoms with Crippen LogP contribution < -0.4 is 10.6 Å². The SMILES string of the molecule is CC(C)(Cn1nc(C(F)(F)F)cc1Br)NC(=O)[C@@H](Cc1cnc2ncccn12)NC(=O)[C@H]1C[C@@H]1c1ccc(-c2cnc3nc(C(F)(F)F)cn3c2)cc1. The monoisotopic (exact) mass is 802 g/mol. The second-order valence-electron chi connectivity index (χ2n) is 13.4. The summed E-state index contributed by atoms with van der Waals surface area (Å²) in [6.45, 7) is 3.15. The van der Waals surface area contributed by atoms with E-state index in [-0.39, 0.29) is 35.2 Å². The lowest BCUT2D eigenvalue weighted by atomic mass is 10.0. The smallest absolute Gasteiger partial charge is 0.348 e. The Kier molecular flexibility index (Phi) is 9.02. The molecule has 1 aliphatic rings. The molecule has 6 aromatic rings. The second kappa shape index (κ2) is 13.3. The van der Waals surface area contributed by atoms with Crippen LogP contribution in [0.1, 0.15) is 48.8 Å². The number of imidazole rings is 2. The van der Waals surface area contributed by atoms with E-state index >= 15 is 0 Å². The van der Waals surface area contributed by atoms with Crippen molar-refractivity contribution in [3.8, 4) is 11.1 Å². The number of hydrogen-bond donors (Lipinski definition) is 2. The van der Waals surface area contributed by atoms with E-state index in [1.54, 1.807) is 55.0 Å². The van der Waals surface area contributed by atoms with Crippen molar-refractivity contribution in [2.45, 2.75) is 63.1 Å². The molecule has 0 unspecified atom stereocenters. The van der Waals surface area contributed by atoms with Crippen LogP contribution in [0.2, 0.25) is 0 Å². The summed E-state index contributed by atoms with van der Waals surface area (Å²) in [5.41, 5.74) is -0.491. The molecule has 2 amide bonds. The van der Waals surface area contributed by atoms with Gasteiger partial charge in [0.15, 0.2) is 11.4 Å². The maximum absolute atomic E-state index is 13.8. The first-order chi connectivity index (χ1) is 24.9. The van der Waals surface area contributed by atoms with E-state index in [1.165, 1.54) is 16.8 Å². The van der Waals surface area contributed by atoms with Gasteiger partial charge in [-0.1, -0.05) is 24.3 Å². The molecule has 12 nitrogen and oxygen atoms in total. The molecule has 3 atom stereocenters. The third-order valence-electron chi connectivity index (χ3n) is 8.84. The molecule has 5 heterocycles.